The summed E-state index contributed by atoms with van der Waals surface area (Å²) in [4.78, 5) is 25.0. The van der Waals surface area contributed by atoms with Gasteiger partial charge in [-0.2, -0.15) is 11.8 Å². The number of benzene rings is 2. The molecule has 2 aromatic carbocycles. The second-order valence-electron chi connectivity index (χ2n) is 5.88. The van der Waals surface area contributed by atoms with Crippen LogP contribution in [0.3, 0.4) is 0 Å². The summed E-state index contributed by atoms with van der Waals surface area (Å²) in [6, 6.07) is 16.6. The van der Waals surface area contributed by atoms with Crippen LogP contribution in [0, 0.1) is 6.92 Å². The van der Waals surface area contributed by atoms with Gasteiger partial charge >= 0.3 is 0 Å². The zero-order valence-corrected chi connectivity index (χ0v) is 15.4. The van der Waals surface area contributed by atoms with Gasteiger partial charge in [-0.3, -0.25) is 9.59 Å². The van der Waals surface area contributed by atoms with Crippen molar-refractivity contribution in [2.45, 2.75) is 25.9 Å². The molecule has 2 N–H and O–H groups in total. The molecule has 4 nitrogen and oxygen atoms in total. The summed E-state index contributed by atoms with van der Waals surface area (Å²) in [5.74, 6) is 0.431. The molecule has 2 rings (SSSR count). The van der Waals surface area contributed by atoms with E-state index in [0.717, 1.165) is 16.9 Å². The Morgan fingerprint density at radius 3 is 2.52 bits per heavy atom. The molecule has 1 atom stereocenters. The third-order valence-electron chi connectivity index (χ3n) is 3.82. The van der Waals surface area contributed by atoms with E-state index < -0.39 is 6.04 Å². The van der Waals surface area contributed by atoms with Gasteiger partial charge < -0.3 is 10.6 Å². The summed E-state index contributed by atoms with van der Waals surface area (Å²) in [6.07, 6.45) is 2.58. The highest BCUT2D eigenvalue weighted by atomic mass is 32.2. The third kappa shape index (κ3) is 6.27. The molecule has 0 saturated carbocycles. The fraction of sp³-hybridized carbons (Fsp3) is 0.300. The topological polar surface area (TPSA) is 58.2 Å². The van der Waals surface area contributed by atoms with E-state index >= 15 is 0 Å². The Morgan fingerprint density at radius 1 is 1.08 bits per heavy atom. The Bertz CT molecular complexity index is 704. The molecule has 0 bridgehead atoms. The summed E-state index contributed by atoms with van der Waals surface area (Å²) in [6.45, 7) is 2.39. The molecule has 0 aliphatic rings. The largest absolute Gasteiger partial charge is 0.350 e. The van der Waals surface area contributed by atoms with Gasteiger partial charge in [0.2, 0.25) is 5.91 Å². The van der Waals surface area contributed by atoms with Crippen LogP contribution in [0.5, 0.6) is 0 Å². The van der Waals surface area contributed by atoms with Gasteiger partial charge in [0.1, 0.15) is 6.04 Å². The summed E-state index contributed by atoms with van der Waals surface area (Å²) >= 11 is 1.66. The second-order valence-corrected chi connectivity index (χ2v) is 6.87. The van der Waals surface area contributed by atoms with Gasteiger partial charge in [-0.25, -0.2) is 0 Å². The normalized spacial score (nSPS) is 11.6. The molecular weight excluding hydrogens is 332 g/mol. The monoisotopic (exact) mass is 356 g/mol. The minimum atomic E-state index is -0.538. The predicted molar refractivity (Wildman–Crippen MR) is 104 cm³/mol. The average molecular weight is 356 g/mol. The van der Waals surface area contributed by atoms with Crippen LogP contribution in [0.4, 0.5) is 0 Å². The number of rotatable bonds is 8. The van der Waals surface area contributed by atoms with Crippen molar-refractivity contribution in [2.24, 2.45) is 0 Å². The van der Waals surface area contributed by atoms with Crippen LogP contribution in [0.15, 0.2) is 54.6 Å². The quantitative estimate of drug-likeness (QED) is 0.764. The lowest BCUT2D eigenvalue weighted by molar-refractivity contribution is -0.123. The Labute approximate surface area is 153 Å². The van der Waals surface area contributed by atoms with E-state index in [1.165, 1.54) is 0 Å². The van der Waals surface area contributed by atoms with Crippen LogP contribution in [-0.2, 0) is 11.3 Å². The van der Waals surface area contributed by atoms with E-state index in [0.29, 0.717) is 18.5 Å². The van der Waals surface area contributed by atoms with Crippen molar-refractivity contribution in [1.82, 2.24) is 10.6 Å². The maximum Gasteiger partial charge on any atom is 0.251 e. The first-order valence-electron chi connectivity index (χ1n) is 8.28. The van der Waals surface area contributed by atoms with Gasteiger partial charge in [0.25, 0.3) is 5.91 Å². The molecule has 0 saturated heterocycles. The number of amides is 2. The first-order valence-corrected chi connectivity index (χ1v) is 9.67. The van der Waals surface area contributed by atoms with Crippen LogP contribution in [-0.4, -0.2) is 29.9 Å². The third-order valence-corrected chi connectivity index (χ3v) is 4.47. The highest BCUT2D eigenvalue weighted by Gasteiger charge is 2.20. The van der Waals surface area contributed by atoms with Gasteiger partial charge in [-0.05, 0) is 43.0 Å². The molecule has 2 amide bonds. The Kier molecular flexibility index (Phi) is 7.54. The Morgan fingerprint density at radius 2 is 1.84 bits per heavy atom. The van der Waals surface area contributed by atoms with Crippen molar-refractivity contribution < 1.29 is 9.59 Å². The van der Waals surface area contributed by atoms with Gasteiger partial charge in [0.15, 0.2) is 0 Å². The maximum atomic E-state index is 12.5. The number of hydrogen-bond donors (Lipinski definition) is 2. The molecule has 0 aliphatic carbocycles. The first kappa shape index (κ1) is 19.1. The molecule has 0 spiro atoms. The minimum Gasteiger partial charge on any atom is -0.350 e. The van der Waals surface area contributed by atoms with Gasteiger partial charge in [0.05, 0.1) is 0 Å². The van der Waals surface area contributed by atoms with Crippen molar-refractivity contribution in [3.05, 3.63) is 71.3 Å². The lowest BCUT2D eigenvalue weighted by Gasteiger charge is -2.18. The summed E-state index contributed by atoms with van der Waals surface area (Å²) in [5, 5.41) is 5.78. The zero-order valence-electron chi connectivity index (χ0n) is 14.6. The number of carbonyl (C=O) groups is 2. The Balaban J connectivity index is 1.99. The molecule has 0 aliphatic heterocycles. The lowest BCUT2D eigenvalue weighted by atomic mass is 10.1. The second kappa shape index (κ2) is 9.89. The molecule has 0 heterocycles. The molecule has 25 heavy (non-hydrogen) atoms. The van der Waals surface area contributed by atoms with E-state index in [9.17, 15) is 9.59 Å². The smallest absolute Gasteiger partial charge is 0.251 e. The van der Waals surface area contributed by atoms with Gasteiger partial charge in [-0.15, -0.1) is 0 Å². The van der Waals surface area contributed by atoms with Crippen LogP contribution in [0.1, 0.15) is 27.9 Å². The van der Waals surface area contributed by atoms with Crippen LogP contribution in [0.25, 0.3) is 0 Å². The SMILES string of the molecule is CSCCC(NC(=O)c1cccc(C)c1)C(=O)NCc1ccccc1. The van der Waals surface area contributed by atoms with Crippen molar-refractivity contribution in [2.75, 3.05) is 12.0 Å². The van der Waals surface area contributed by atoms with E-state index in [4.69, 9.17) is 0 Å². The van der Waals surface area contributed by atoms with Crippen molar-refractivity contribution in [3.8, 4) is 0 Å². The standard InChI is InChI=1S/C20H24N2O2S/c1-15-7-6-10-17(13-15)19(23)22-18(11-12-25-2)20(24)21-14-16-8-4-3-5-9-16/h3-10,13,18H,11-12,14H2,1-2H3,(H,21,24)(H,22,23). The number of thioether (sulfide) groups is 1. The molecule has 5 heteroatoms. The number of nitrogens with one attached hydrogen (secondary N) is 2. The molecule has 132 valence electrons. The van der Waals surface area contributed by atoms with Crippen LogP contribution >= 0.6 is 11.8 Å². The lowest BCUT2D eigenvalue weighted by Crippen LogP contribution is -2.46. The molecule has 0 fully saturated rings. The highest BCUT2D eigenvalue weighted by Crippen LogP contribution is 2.07. The van der Waals surface area contributed by atoms with Gasteiger partial charge in [-0.1, -0.05) is 48.0 Å². The molecular formula is C20H24N2O2S. The van der Waals surface area contributed by atoms with Crippen LogP contribution in [0.2, 0.25) is 0 Å². The predicted octanol–water partition coefficient (Wildman–Crippen LogP) is 3.16. The molecule has 2 aromatic rings. The zero-order chi connectivity index (χ0) is 18.1. The maximum absolute atomic E-state index is 12.5. The minimum absolute atomic E-state index is 0.154. The van der Waals surface area contributed by atoms with E-state index in [1.807, 2.05) is 61.7 Å². The molecule has 0 aromatic heterocycles. The first-order chi connectivity index (χ1) is 12.1. The number of aryl methyl sites for hydroxylation is 1. The fourth-order valence-electron chi connectivity index (χ4n) is 2.44. The summed E-state index contributed by atoms with van der Waals surface area (Å²) < 4.78 is 0. The van der Waals surface area contributed by atoms with Crippen molar-refractivity contribution in [1.29, 1.82) is 0 Å². The average Bonchev–Trinajstić information content (AvgIpc) is 2.63. The van der Waals surface area contributed by atoms with E-state index in [2.05, 4.69) is 10.6 Å². The van der Waals surface area contributed by atoms with E-state index in [1.54, 1.807) is 17.8 Å². The number of hydrogen-bond acceptors (Lipinski definition) is 3. The Hall–Kier alpha value is -2.27. The highest BCUT2D eigenvalue weighted by molar-refractivity contribution is 7.98. The fourth-order valence-corrected chi connectivity index (χ4v) is 2.91. The van der Waals surface area contributed by atoms with Gasteiger partial charge in [0, 0.05) is 12.1 Å². The van der Waals surface area contributed by atoms with Crippen LogP contribution < -0.4 is 10.6 Å². The summed E-state index contributed by atoms with van der Waals surface area (Å²) in [5.41, 5.74) is 2.62. The molecule has 0 radical (unpaired) electrons. The molecule has 1 unspecified atom stereocenters. The van der Waals surface area contributed by atoms with Crippen molar-refractivity contribution >= 4 is 23.6 Å². The van der Waals surface area contributed by atoms with Crippen molar-refractivity contribution in [3.63, 3.8) is 0 Å². The number of carbonyl (C=O) groups excluding carboxylic acids is 2. The van der Waals surface area contributed by atoms with E-state index in [-0.39, 0.29) is 11.8 Å². The summed E-state index contributed by atoms with van der Waals surface area (Å²) in [7, 11) is 0.